The first-order chi connectivity index (χ1) is 9.68. The lowest BCUT2D eigenvalue weighted by molar-refractivity contribution is 0.102. The number of aromatic nitrogens is 2. The van der Waals surface area contributed by atoms with Crippen LogP contribution in [0.1, 0.15) is 10.4 Å². The van der Waals surface area contributed by atoms with Crippen molar-refractivity contribution in [1.82, 2.24) is 9.78 Å². The molecule has 0 fully saturated rings. The highest BCUT2D eigenvalue weighted by Crippen LogP contribution is 2.24. The number of aryl methyl sites for hydroxylation is 1. The van der Waals surface area contributed by atoms with E-state index in [0.717, 1.165) is 12.3 Å². The second-order valence-electron chi connectivity index (χ2n) is 4.22. The Labute approximate surface area is 119 Å². The van der Waals surface area contributed by atoms with E-state index in [1.165, 1.54) is 23.9 Å². The van der Waals surface area contributed by atoms with Gasteiger partial charge >= 0.3 is 0 Å². The summed E-state index contributed by atoms with van der Waals surface area (Å²) in [6.45, 7) is 0. The molecular formula is C11H12N4O5S. The number of amides is 1. The molecule has 5 N–H and O–H groups in total. The molecule has 0 saturated carbocycles. The van der Waals surface area contributed by atoms with Gasteiger partial charge in [-0.1, -0.05) is 0 Å². The molecule has 0 saturated heterocycles. The number of rotatable bonds is 3. The molecule has 0 radical (unpaired) electrons. The van der Waals surface area contributed by atoms with Gasteiger partial charge in [-0.15, -0.1) is 0 Å². The number of benzene rings is 1. The first-order valence-electron chi connectivity index (χ1n) is 5.58. The van der Waals surface area contributed by atoms with Gasteiger partial charge < -0.3 is 15.5 Å². The van der Waals surface area contributed by atoms with E-state index in [9.17, 15) is 18.3 Å². The maximum Gasteiger partial charge on any atom is 0.260 e. The molecule has 0 unspecified atom stereocenters. The van der Waals surface area contributed by atoms with E-state index in [-0.39, 0.29) is 22.0 Å². The normalized spacial score (nSPS) is 11.3. The van der Waals surface area contributed by atoms with Gasteiger partial charge in [0.2, 0.25) is 10.0 Å². The quantitative estimate of drug-likeness (QED) is 0.613. The van der Waals surface area contributed by atoms with Crippen molar-refractivity contribution < 1.29 is 23.4 Å². The van der Waals surface area contributed by atoms with Gasteiger partial charge in [0.05, 0.1) is 5.56 Å². The average molecular weight is 312 g/mol. The van der Waals surface area contributed by atoms with Gasteiger partial charge in [-0.2, -0.15) is 5.10 Å². The Kier molecular flexibility index (Phi) is 3.58. The third-order valence-electron chi connectivity index (χ3n) is 2.56. The summed E-state index contributed by atoms with van der Waals surface area (Å²) >= 11 is 0. The number of aromatic hydroxyl groups is 2. The molecule has 0 bridgehead atoms. The van der Waals surface area contributed by atoms with Crippen LogP contribution >= 0.6 is 0 Å². The number of nitrogens with two attached hydrogens (primary N) is 1. The molecule has 112 valence electrons. The molecule has 10 heteroatoms. The summed E-state index contributed by atoms with van der Waals surface area (Å²) in [5.41, 5.74) is -0.154. The second kappa shape index (κ2) is 5.07. The van der Waals surface area contributed by atoms with Crippen LogP contribution in [0.4, 0.5) is 5.82 Å². The molecule has 2 rings (SSSR count). The summed E-state index contributed by atoms with van der Waals surface area (Å²) in [7, 11) is -2.60. The van der Waals surface area contributed by atoms with Crippen LogP contribution in [0.2, 0.25) is 0 Å². The Morgan fingerprint density at radius 3 is 2.62 bits per heavy atom. The van der Waals surface area contributed by atoms with Gasteiger partial charge in [0, 0.05) is 19.3 Å². The minimum atomic E-state index is -4.06. The molecule has 1 aromatic carbocycles. The van der Waals surface area contributed by atoms with Crippen LogP contribution in [0.25, 0.3) is 0 Å². The number of anilines is 1. The van der Waals surface area contributed by atoms with Crippen LogP contribution in [-0.2, 0) is 17.1 Å². The lowest BCUT2D eigenvalue weighted by Crippen LogP contribution is -2.17. The monoisotopic (exact) mass is 312 g/mol. The van der Waals surface area contributed by atoms with Crippen LogP contribution in [0.5, 0.6) is 11.5 Å². The van der Waals surface area contributed by atoms with Crippen molar-refractivity contribution in [3.8, 4) is 11.5 Å². The first-order valence-corrected chi connectivity index (χ1v) is 7.13. The Hall–Kier alpha value is -2.59. The highest BCUT2D eigenvalue weighted by molar-refractivity contribution is 7.89. The van der Waals surface area contributed by atoms with Crippen LogP contribution in [-0.4, -0.2) is 34.3 Å². The maximum atomic E-state index is 12.0. The predicted octanol–water partition coefficient (Wildman–Crippen LogP) is -0.269. The zero-order chi connectivity index (χ0) is 15.8. The second-order valence-corrected chi connectivity index (χ2v) is 5.75. The summed E-state index contributed by atoms with van der Waals surface area (Å²) in [4.78, 5) is 11.6. The summed E-state index contributed by atoms with van der Waals surface area (Å²) in [6.07, 6.45) is 1.14. The summed E-state index contributed by atoms with van der Waals surface area (Å²) in [5, 5.41) is 29.8. The fraction of sp³-hybridized carbons (Fsp3) is 0.0909. The molecule has 0 aliphatic carbocycles. The predicted molar refractivity (Wildman–Crippen MR) is 72.3 cm³/mol. The van der Waals surface area contributed by atoms with Crippen molar-refractivity contribution in [1.29, 1.82) is 0 Å². The van der Waals surface area contributed by atoms with Crippen molar-refractivity contribution in [2.75, 3.05) is 5.32 Å². The number of sulfonamides is 1. The number of hydrogen-bond donors (Lipinski definition) is 4. The number of primary sulfonamides is 1. The maximum absolute atomic E-state index is 12.0. The standard InChI is InChI=1S/C11H12N4O5S/c1-15-5-9(21(12,19)20)10(14-15)13-11(18)7-3-2-6(16)4-8(7)17/h2-5,16-17H,1H3,(H2,12,19,20)(H,13,14,18). The number of nitrogens with zero attached hydrogens (tertiary/aromatic N) is 2. The lowest BCUT2D eigenvalue weighted by Gasteiger charge is -2.06. The van der Waals surface area contributed by atoms with E-state index in [2.05, 4.69) is 10.4 Å². The van der Waals surface area contributed by atoms with Crippen molar-refractivity contribution >= 4 is 21.7 Å². The van der Waals surface area contributed by atoms with Crippen molar-refractivity contribution in [3.63, 3.8) is 0 Å². The SMILES string of the molecule is Cn1cc(S(N)(=O)=O)c(NC(=O)c2ccc(O)cc2O)n1. The van der Waals surface area contributed by atoms with Crippen molar-refractivity contribution in [2.24, 2.45) is 12.2 Å². The Morgan fingerprint density at radius 2 is 2.05 bits per heavy atom. The molecular weight excluding hydrogens is 300 g/mol. The fourth-order valence-corrected chi connectivity index (χ4v) is 2.31. The number of carbonyl (C=O) groups is 1. The highest BCUT2D eigenvalue weighted by atomic mass is 32.2. The first kappa shape index (κ1) is 14.8. The highest BCUT2D eigenvalue weighted by Gasteiger charge is 2.21. The topological polar surface area (TPSA) is 148 Å². The Balaban J connectivity index is 2.36. The Morgan fingerprint density at radius 1 is 1.38 bits per heavy atom. The Bertz CT molecular complexity index is 812. The summed E-state index contributed by atoms with van der Waals surface area (Å²) < 4.78 is 23.9. The number of nitrogens with one attached hydrogen (secondary N) is 1. The molecule has 9 nitrogen and oxygen atoms in total. The van der Waals surface area contributed by atoms with Gasteiger partial charge in [0.25, 0.3) is 5.91 Å². The number of hydrogen-bond acceptors (Lipinski definition) is 6. The fourth-order valence-electron chi connectivity index (χ4n) is 1.65. The molecule has 1 heterocycles. The third-order valence-corrected chi connectivity index (χ3v) is 3.47. The van der Waals surface area contributed by atoms with Gasteiger partial charge in [-0.05, 0) is 12.1 Å². The minimum absolute atomic E-state index is 0.154. The largest absolute Gasteiger partial charge is 0.508 e. The van der Waals surface area contributed by atoms with E-state index in [0.29, 0.717) is 0 Å². The molecule has 2 aromatic rings. The molecule has 1 aromatic heterocycles. The smallest absolute Gasteiger partial charge is 0.260 e. The van der Waals surface area contributed by atoms with Crippen molar-refractivity contribution in [3.05, 3.63) is 30.0 Å². The molecule has 0 spiro atoms. The number of phenolic OH excluding ortho intramolecular Hbond substituents is 2. The minimum Gasteiger partial charge on any atom is -0.508 e. The molecule has 0 aliphatic rings. The molecule has 1 amide bonds. The molecule has 0 atom stereocenters. The summed E-state index contributed by atoms with van der Waals surface area (Å²) in [5.74, 6) is -1.72. The van der Waals surface area contributed by atoms with E-state index in [1.54, 1.807) is 0 Å². The third kappa shape index (κ3) is 3.12. The van der Waals surface area contributed by atoms with Gasteiger partial charge in [0.15, 0.2) is 5.82 Å². The van der Waals surface area contributed by atoms with Gasteiger partial charge in [-0.3, -0.25) is 9.48 Å². The number of carbonyl (C=O) groups excluding carboxylic acids is 1. The molecule has 0 aliphatic heterocycles. The van der Waals surface area contributed by atoms with E-state index < -0.39 is 21.7 Å². The molecule has 21 heavy (non-hydrogen) atoms. The zero-order valence-electron chi connectivity index (χ0n) is 10.8. The van der Waals surface area contributed by atoms with Crippen LogP contribution in [0.15, 0.2) is 29.3 Å². The van der Waals surface area contributed by atoms with E-state index in [1.807, 2.05) is 0 Å². The van der Waals surface area contributed by atoms with Crippen LogP contribution in [0, 0.1) is 0 Å². The van der Waals surface area contributed by atoms with E-state index >= 15 is 0 Å². The summed E-state index contributed by atoms with van der Waals surface area (Å²) in [6, 6.07) is 3.36. The van der Waals surface area contributed by atoms with E-state index in [4.69, 9.17) is 10.2 Å². The van der Waals surface area contributed by atoms with Crippen molar-refractivity contribution in [2.45, 2.75) is 4.90 Å². The zero-order valence-corrected chi connectivity index (χ0v) is 11.6. The van der Waals surface area contributed by atoms with Gasteiger partial charge in [0.1, 0.15) is 16.4 Å². The van der Waals surface area contributed by atoms with Crippen LogP contribution < -0.4 is 10.5 Å². The lowest BCUT2D eigenvalue weighted by atomic mass is 10.2. The number of phenols is 2. The average Bonchev–Trinajstić information content (AvgIpc) is 2.69. The van der Waals surface area contributed by atoms with Gasteiger partial charge in [-0.25, -0.2) is 13.6 Å². The van der Waals surface area contributed by atoms with Crippen LogP contribution in [0.3, 0.4) is 0 Å².